The molecular formula is C21H32N4O2S. The van der Waals surface area contributed by atoms with E-state index in [1.807, 2.05) is 39.1 Å². The molecule has 0 aliphatic carbocycles. The van der Waals surface area contributed by atoms with Crippen LogP contribution in [0.1, 0.15) is 43.1 Å². The first-order valence-electron chi connectivity index (χ1n) is 9.76. The lowest BCUT2D eigenvalue weighted by Crippen LogP contribution is -2.38. The fourth-order valence-corrected chi connectivity index (χ4v) is 3.60. The molecule has 0 radical (unpaired) electrons. The van der Waals surface area contributed by atoms with E-state index >= 15 is 0 Å². The summed E-state index contributed by atoms with van der Waals surface area (Å²) in [5, 5.41) is 6.45. The molecule has 1 aromatic heterocycles. The molecule has 0 saturated heterocycles. The average molecular weight is 405 g/mol. The minimum absolute atomic E-state index is 0.0244. The molecule has 0 saturated carbocycles. The van der Waals surface area contributed by atoms with Gasteiger partial charge in [-0.15, -0.1) is 11.3 Å². The van der Waals surface area contributed by atoms with E-state index < -0.39 is 0 Å². The Kier molecular flexibility index (Phi) is 9.23. The first kappa shape index (κ1) is 22.2. The van der Waals surface area contributed by atoms with Gasteiger partial charge in [0.1, 0.15) is 16.9 Å². The molecular weight excluding hydrogens is 372 g/mol. The highest BCUT2D eigenvalue weighted by Crippen LogP contribution is 2.21. The van der Waals surface area contributed by atoms with Crippen molar-refractivity contribution in [2.75, 3.05) is 33.9 Å². The zero-order valence-corrected chi connectivity index (χ0v) is 18.4. The summed E-state index contributed by atoms with van der Waals surface area (Å²) in [6.45, 7) is 8.98. The number of benzene rings is 1. The fraction of sp³-hybridized carbons (Fsp3) is 0.524. The first-order valence-corrected chi connectivity index (χ1v) is 10.6. The molecule has 1 unspecified atom stereocenters. The van der Waals surface area contributed by atoms with Crippen molar-refractivity contribution in [1.82, 2.24) is 15.2 Å². The number of ether oxygens (including phenoxy) is 2. The fourth-order valence-electron chi connectivity index (χ4n) is 2.76. The van der Waals surface area contributed by atoms with Gasteiger partial charge in [-0.1, -0.05) is 18.2 Å². The summed E-state index contributed by atoms with van der Waals surface area (Å²) >= 11 is 1.63. The maximum Gasteiger partial charge on any atom is 0.194 e. The summed E-state index contributed by atoms with van der Waals surface area (Å²) in [4.78, 5) is 11.6. The molecule has 154 valence electrons. The van der Waals surface area contributed by atoms with E-state index in [1.165, 1.54) is 5.56 Å². The van der Waals surface area contributed by atoms with Crippen molar-refractivity contribution in [1.29, 1.82) is 0 Å². The largest absolute Gasteiger partial charge is 0.494 e. The van der Waals surface area contributed by atoms with E-state index in [2.05, 4.69) is 33.6 Å². The second-order valence-electron chi connectivity index (χ2n) is 6.44. The van der Waals surface area contributed by atoms with Crippen molar-refractivity contribution in [2.45, 2.75) is 39.8 Å². The molecule has 0 aliphatic heterocycles. The van der Waals surface area contributed by atoms with Crippen molar-refractivity contribution < 1.29 is 9.47 Å². The van der Waals surface area contributed by atoms with Gasteiger partial charge in [0.2, 0.25) is 0 Å². The lowest BCUT2D eigenvalue weighted by Gasteiger charge is -2.21. The van der Waals surface area contributed by atoms with Gasteiger partial charge in [0.15, 0.2) is 5.96 Å². The first-order chi connectivity index (χ1) is 13.6. The van der Waals surface area contributed by atoms with Crippen molar-refractivity contribution in [3.63, 3.8) is 0 Å². The number of nitrogens with one attached hydrogen (secondary N) is 1. The third kappa shape index (κ3) is 6.49. The molecule has 0 spiro atoms. The van der Waals surface area contributed by atoms with Crippen LogP contribution in [0.4, 0.5) is 0 Å². The van der Waals surface area contributed by atoms with E-state index in [0.29, 0.717) is 19.7 Å². The number of methoxy groups -OCH3 is 1. The van der Waals surface area contributed by atoms with Gasteiger partial charge < -0.3 is 19.7 Å². The van der Waals surface area contributed by atoms with Crippen LogP contribution in [0.25, 0.3) is 0 Å². The molecule has 0 bridgehead atoms. The van der Waals surface area contributed by atoms with Crippen LogP contribution >= 0.6 is 11.3 Å². The number of hydrogen-bond donors (Lipinski definition) is 1. The molecule has 1 atom stereocenters. The maximum absolute atomic E-state index is 5.71. The Morgan fingerprint density at radius 2 is 2.11 bits per heavy atom. The Morgan fingerprint density at radius 1 is 1.32 bits per heavy atom. The number of guanidine groups is 1. The van der Waals surface area contributed by atoms with Crippen LogP contribution in [0, 0.1) is 0 Å². The van der Waals surface area contributed by atoms with Gasteiger partial charge in [-0.3, -0.25) is 4.99 Å². The summed E-state index contributed by atoms with van der Waals surface area (Å²) in [5.74, 6) is 1.83. The van der Waals surface area contributed by atoms with Crippen molar-refractivity contribution in [2.24, 2.45) is 4.99 Å². The Bertz CT molecular complexity index is 748. The van der Waals surface area contributed by atoms with Crippen molar-refractivity contribution in [3.8, 4) is 5.75 Å². The molecule has 7 heteroatoms. The second kappa shape index (κ2) is 11.7. The van der Waals surface area contributed by atoms with Gasteiger partial charge in [-0.2, -0.15) is 0 Å². The van der Waals surface area contributed by atoms with Crippen molar-refractivity contribution in [3.05, 3.63) is 45.9 Å². The second-order valence-corrected chi connectivity index (χ2v) is 7.33. The normalized spacial score (nSPS) is 12.7. The van der Waals surface area contributed by atoms with Crippen molar-refractivity contribution >= 4 is 17.3 Å². The molecule has 1 N–H and O–H groups in total. The quantitative estimate of drug-likeness (QED) is 0.481. The van der Waals surface area contributed by atoms with E-state index in [-0.39, 0.29) is 6.10 Å². The van der Waals surface area contributed by atoms with Crippen LogP contribution in [0.15, 0.2) is 34.6 Å². The number of aromatic nitrogens is 1. The van der Waals surface area contributed by atoms with Gasteiger partial charge in [0.25, 0.3) is 0 Å². The summed E-state index contributed by atoms with van der Waals surface area (Å²) in [5.41, 5.74) is 2.21. The predicted octanol–water partition coefficient (Wildman–Crippen LogP) is 3.89. The number of hydrogen-bond acceptors (Lipinski definition) is 5. The lowest BCUT2D eigenvalue weighted by atomic mass is 10.1. The standard InChI is InChI=1S/C21H32N4O2S/c1-6-22-21(23-13-12-17-10-8-9-11-19(17)27-7-2)25(4)14-18-15-28-20(24-18)16(3)26-5/h8-11,15-16H,6-7,12-14H2,1-5H3,(H,22,23). The summed E-state index contributed by atoms with van der Waals surface area (Å²) < 4.78 is 11.1. The number of thiazole rings is 1. The average Bonchev–Trinajstić information content (AvgIpc) is 3.16. The Morgan fingerprint density at radius 3 is 2.82 bits per heavy atom. The maximum atomic E-state index is 5.71. The smallest absolute Gasteiger partial charge is 0.194 e. The molecule has 1 heterocycles. The monoisotopic (exact) mass is 404 g/mol. The topological polar surface area (TPSA) is 59.0 Å². The van der Waals surface area contributed by atoms with E-state index in [1.54, 1.807) is 18.4 Å². The van der Waals surface area contributed by atoms with Crippen LogP contribution in [0.3, 0.4) is 0 Å². The molecule has 28 heavy (non-hydrogen) atoms. The van der Waals surface area contributed by atoms with Gasteiger partial charge in [-0.25, -0.2) is 4.98 Å². The highest BCUT2D eigenvalue weighted by atomic mass is 32.1. The molecule has 2 rings (SSSR count). The molecule has 0 amide bonds. The van der Waals surface area contributed by atoms with Crippen LogP contribution in [-0.2, 0) is 17.7 Å². The van der Waals surface area contributed by atoms with Crippen LogP contribution in [-0.4, -0.2) is 49.7 Å². The van der Waals surface area contributed by atoms with Crippen LogP contribution in [0.2, 0.25) is 0 Å². The Hall–Kier alpha value is -2.12. The minimum Gasteiger partial charge on any atom is -0.494 e. The summed E-state index contributed by atoms with van der Waals surface area (Å²) in [6, 6.07) is 8.16. The Labute approximate surface area is 172 Å². The molecule has 0 aliphatic rings. The highest BCUT2D eigenvalue weighted by Gasteiger charge is 2.12. The van der Waals surface area contributed by atoms with E-state index in [0.717, 1.165) is 35.4 Å². The van der Waals surface area contributed by atoms with E-state index in [9.17, 15) is 0 Å². The van der Waals surface area contributed by atoms with Gasteiger partial charge in [0.05, 0.1) is 18.8 Å². The minimum atomic E-state index is 0.0244. The van der Waals surface area contributed by atoms with Crippen LogP contribution in [0.5, 0.6) is 5.75 Å². The number of aliphatic imine (C=N–C) groups is 1. The third-order valence-corrected chi connectivity index (χ3v) is 5.34. The molecule has 0 fully saturated rings. The van der Waals surface area contributed by atoms with Gasteiger partial charge >= 0.3 is 0 Å². The van der Waals surface area contributed by atoms with Gasteiger partial charge in [0, 0.05) is 32.6 Å². The lowest BCUT2D eigenvalue weighted by molar-refractivity contribution is 0.119. The van der Waals surface area contributed by atoms with E-state index in [4.69, 9.17) is 14.5 Å². The number of nitrogens with zero attached hydrogens (tertiary/aromatic N) is 3. The zero-order valence-electron chi connectivity index (χ0n) is 17.6. The third-order valence-electron chi connectivity index (χ3n) is 4.28. The zero-order chi connectivity index (χ0) is 20.4. The number of rotatable bonds is 10. The molecule has 6 nitrogen and oxygen atoms in total. The summed E-state index contributed by atoms with van der Waals surface area (Å²) in [6.07, 6.45) is 0.863. The molecule has 1 aromatic carbocycles. The highest BCUT2D eigenvalue weighted by molar-refractivity contribution is 7.09. The summed E-state index contributed by atoms with van der Waals surface area (Å²) in [7, 11) is 3.74. The predicted molar refractivity (Wildman–Crippen MR) is 116 cm³/mol. The Balaban J connectivity index is 2.00. The molecule has 2 aromatic rings. The SMILES string of the molecule is CCNC(=NCCc1ccccc1OCC)N(C)Cc1csc(C(C)OC)n1. The van der Waals surface area contributed by atoms with Gasteiger partial charge in [-0.05, 0) is 38.8 Å². The van der Waals surface area contributed by atoms with Crippen LogP contribution < -0.4 is 10.1 Å². The number of para-hydroxylation sites is 1.